The second-order valence-electron chi connectivity index (χ2n) is 6.61. The Morgan fingerprint density at radius 1 is 1.19 bits per heavy atom. The van der Waals surface area contributed by atoms with E-state index in [0.29, 0.717) is 11.7 Å². The minimum Gasteiger partial charge on any atom is -0.484 e. The van der Waals surface area contributed by atoms with Gasteiger partial charge in [0.25, 0.3) is 5.91 Å². The molecule has 1 fully saturated rings. The van der Waals surface area contributed by atoms with Crippen molar-refractivity contribution in [1.29, 1.82) is 0 Å². The molecule has 0 bridgehead atoms. The molecule has 0 spiro atoms. The summed E-state index contributed by atoms with van der Waals surface area (Å²) in [6.07, 6.45) is 1.19. The summed E-state index contributed by atoms with van der Waals surface area (Å²) >= 11 is 5.96. The number of anilines is 1. The van der Waals surface area contributed by atoms with Gasteiger partial charge in [0.2, 0.25) is 0 Å². The Kier molecular flexibility index (Phi) is 8.23. The van der Waals surface area contributed by atoms with Gasteiger partial charge in [-0.3, -0.25) is 4.79 Å². The zero-order valence-electron chi connectivity index (χ0n) is 15.1. The lowest BCUT2D eigenvalue weighted by molar-refractivity contribution is -0.119. The largest absolute Gasteiger partial charge is 0.484 e. The van der Waals surface area contributed by atoms with Crippen LogP contribution < -0.4 is 20.7 Å². The summed E-state index contributed by atoms with van der Waals surface area (Å²) in [6, 6.07) is 15.8. The first kappa shape index (κ1) is 21.4. The van der Waals surface area contributed by atoms with Crippen molar-refractivity contribution < 1.29 is 9.53 Å². The van der Waals surface area contributed by atoms with Crippen molar-refractivity contribution in [3.05, 3.63) is 59.1 Å². The topological polar surface area (TPSA) is 67.6 Å². The second-order valence-corrected chi connectivity index (χ2v) is 7.04. The van der Waals surface area contributed by atoms with Crippen LogP contribution in [0.3, 0.4) is 0 Å². The lowest BCUT2D eigenvalue weighted by Crippen LogP contribution is -2.26. The van der Waals surface area contributed by atoms with E-state index in [1.165, 1.54) is 17.7 Å². The molecular formula is C20H25Cl2N3O2. The number of nitrogens with zero attached hydrogens (tertiary/aromatic N) is 1. The predicted octanol–water partition coefficient (Wildman–Crippen LogP) is 3.24. The summed E-state index contributed by atoms with van der Waals surface area (Å²) < 4.78 is 5.26. The molecule has 1 aliphatic rings. The Morgan fingerprint density at radius 2 is 1.89 bits per heavy atom. The van der Waals surface area contributed by atoms with Crippen LogP contribution >= 0.6 is 24.0 Å². The van der Waals surface area contributed by atoms with Crippen molar-refractivity contribution in [2.45, 2.75) is 13.0 Å². The van der Waals surface area contributed by atoms with E-state index in [-0.39, 0.29) is 19.0 Å². The Labute approximate surface area is 171 Å². The highest BCUT2D eigenvalue weighted by Gasteiger charge is 2.22. The van der Waals surface area contributed by atoms with Crippen LogP contribution in [-0.2, 0) is 11.3 Å². The van der Waals surface area contributed by atoms with Crippen LogP contribution in [0.4, 0.5) is 5.69 Å². The van der Waals surface area contributed by atoms with Crippen LogP contribution in [-0.4, -0.2) is 32.1 Å². The molecule has 0 aliphatic carbocycles. The number of hydrogen-bond donors (Lipinski definition) is 2. The maximum Gasteiger partial charge on any atom is 0.255 e. The zero-order valence-corrected chi connectivity index (χ0v) is 16.6. The van der Waals surface area contributed by atoms with Crippen molar-refractivity contribution in [3.63, 3.8) is 0 Å². The van der Waals surface area contributed by atoms with Crippen molar-refractivity contribution in [2.75, 3.05) is 31.1 Å². The molecule has 2 aromatic carbocycles. The number of halogens is 2. The number of rotatable bonds is 8. The minimum absolute atomic E-state index is 0. The van der Waals surface area contributed by atoms with Gasteiger partial charge < -0.3 is 20.7 Å². The number of carbonyl (C=O) groups is 1. The fraction of sp³-hybridized carbons (Fsp3) is 0.350. The first-order valence-corrected chi connectivity index (χ1v) is 9.19. The van der Waals surface area contributed by atoms with E-state index in [1.54, 1.807) is 0 Å². The number of nitrogens with two attached hydrogens (primary N) is 1. The fourth-order valence-electron chi connectivity index (χ4n) is 3.16. The van der Waals surface area contributed by atoms with E-state index >= 15 is 0 Å². The summed E-state index contributed by atoms with van der Waals surface area (Å²) in [6.45, 7) is 3.86. The summed E-state index contributed by atoms with van der Waals surface area (Å²) in [5.41, 5.74) is 7.49. The molecule has 3 rings (SSSR count). The predicted molar refractivity (Wildman–Crippen MR) is 112 cm³/mol. The van der Waals surface area contributed by atoms with Gasteiger partial charge in [0, 0.05) is 36.9 Å². The van der Waals surface area contributed by atoms with E-state index in [4.69, 9.17) is 22.1 Å². The molecule has 5 nitrogen and oxygen atoms in total. The molecule has 1 heterocycles. The summed E-state index contributed by atoms with van der Waals surface area (Å²) in [5.74, 6) is 0.825. The summed E-state index contributed by atoms with van der Waals surface area (Å²) in [5, 5.41) is 4.31. The molecule has 1 atom stereocenters. The van der Waals surface area contributed by atoms with E-state index in [1.807, 2.05) is 36.4 Å². The van der Waals surface area contributed by atoms with Crippen molar-refractivity contribution in [1.82, 2.24) is 5.32 Å². The van der Waals surface area contributed by atoms with Crippen LogP contribution in [0, 0.1) is 5.92 Å². The average molecular weight is 410 g/mol. The number of benzene rings is 2. The Hall–Kier alpha value is -1.95. The van der Waals surface area contributed by atoms with Crippen molar-refractivity contribution in [2.24, 2.45) is 11.7 Å². The lowest BCUT2D eigenvalue weighted by Gasteiger charge is -2.19. The molecule has 7 heteroatoms. The molecule has 1 aliphatic heterocycles. The van der Waals surface area contributed by atoms with Gasteiger partial charge in [0.05, 0.1) is 0 Å². The highest BCUT2D eigenvalue weighted by atomic mass is 35.5. The highest BCUT2D eigenvalue weighted by Crippen LogP contribution is 2.24. The van der Waals surface area contributed by atoms with E-state index in [0.717, 1.165) is 31.2 Å². The Morgan fingerprint density at radius 3 is 2.56 bits per heavy atom. The molecule has 1 unspecified atom stereocenters. The van der Waals surface area contributed by atoms with Crippen LogP contribution in [0.15, 0.2) is 48.5 Å². The zero-order chi connectivity index (χ0) is 18.4. The second kappa shape index (κ2) is 10.4. The van der Waals surface area contributed by atoms with E-state index in [2.05, 4.69) is 22.3 Å². The average Bonchev–Trinajstić information content (AvgIpc) is 3.10. The number of amides is 1. The Bertz CT molecular complexity index is 723. The van der Waals surface area contributed by atoms with Gasteiger partial charge in [0.1, 0.15) is 5.75 Å². The van der Waals surface area contributed by atoms with E-state index in [9.17, 15) is 4.79 Å². The van der Waals surface area contributed by atoms with Gasteiger partial charge >= 0.3 is 0 Å². The SMILES string of the molecule is Cl.NC(=O)COc1ccc(CNCC2CCN(c3ccc(Cl)cc3)C2)cc1. The van der Waals surface area contributed by atoms with Crippen LogP contribution in [0.2, 0.25) is 5.02 Å². The first-order chi connectivity index (χ1) is 12.6. The monoisotopic (exact) mass is 409 g/mol. The number of carbonyl (C=O) groups excluding carboxylic acids is 1. The van der Waals surface area contributed by atoms with Crippen LogP contribution in [0.1, 0.15) is 12.0 Å². The number of hydrogen-bond acceptors (Lipinski definition) is 4. The normalized spacial score (nSPS) is 16.0. The molecule has 0 aromatic heterocycles. The molecule has 3 N–H and O–H groups in total. The maximum absolute atomic E-state index is 10.7. The van der Waals surface area contributed by atoms with Crippen LogP contribution in [0.5, 0.6) is 5.75 Å². The maximum atomic E-state index is 10.7. The van der Waals surface area contributed by atoms with E-state index < -0.39 is 5.91 Å². The number of nitrogens with one attached hydrogen (secondary N) is 1. The summed E-state index contributed by atoms with van der Waals surface area (Å²) in [7, 11) is 0. The third-order valence-electron chi connectivity index (χ3n) is 4.54. The van der Waals surface area contributed by atoms with Gasteiger partial charge in [-0.05, 0) is 54.3 Å². The van der Waals surface area contributed by atoms with Gasteiger partial charge in [0.15, 0.2) is 6.61 Å². The molecular weight excluding hydrogens is 385 g/mol. The summed E-state index contributed by atoms with van der Waals surface area (Å²) in [4.78, 5) is 13.1. The molecule has 0 saturated carbocycles. The molecule has 146 valence electrons. The number of primary amides is 1. The molecule has 2 aromatic rings. The van der Waals surface area contributed by atoms with Crippen molar-refractivity contribution >= 4 is 35.6 Å². The molecule has 0 radical (unpaired) electrons. The van der Waals surface area contributed by atoms with Gasteiger partial charge in [-0.15, -0.1) is 12.4 Å². The number of ether oxygens (including phenoxy) is 1. The first-order valence-electron chi connectivity index (χ1n) is 8.81. The lowest BCUT2D eigenvalue weighted by atomic mass is 10.1. The smallest absolute Gasteiger partial charge is 0.255 e. The van der Waals surface area contributed by atoms with Gasteiger partial charge in [-0.1, -0.05) is 23.7 Å². The molecule has 1 saturated heterocycles. The highest BCUT2D eigenvalue weighted by molar-refractivity contribution is 6.30. The quantitative estimate of drug-likeness (QED) is 0.701. The van der Waals surface area contributed by atoms with Gasteiger partial charge in [-0.25, -0.2) is 0 Å². The Balaban J connectivity index is 0.00000261. The minimum atomic E-state index is -0.472. The van der Waals surface area contributed by atoms with Crippen LogP contribution in [0.25, 0.3) is 0 Å². The van der Waals surface area contributed by atoms with Crippen molar-refractivity contribution in [3.8, 4) is 5.75 Å². The van der Waals surface area contributed by atoms with Gasteiger partial charge in [-0.2, -0.15) is 0 Å². The molecule has 1 amide bonds. The third-order valence-corrected chi connectivity index (χ3v) is 4.80. The standard InChI is InChI=1S/C20H24ClN3O2.ClH/c21-17-3-5-18(6-4-17)24-10-9-16(13-24)12-23-11-15-1-7-19(8-2-15)26-14-20(22)25;/h1-8,16,23H,9-14H2,(H2,22,25);1H. The third kappa shape index (κ3) is 6.61. The molecule has 27 heavy (non-hydrogen) atoms. The fourth-order valence-corrected chi connectivity index (χ4v) is 3.29.